The Labute approximate surface area is 239 Å². The number of nitrogens with one attached hydrogen (secondary N) is 2. The van der Waals surface area contributed by atoms with E-state index in [4.69, 9.17) is 16.3 Å². The molecule has 208 valence electrons. The van der Waals surface area contributed by atoms with Crippen LogP contribution in [0.4, 0.5) is 5.69 Å². The van der Waals surface area contributed by atoms with Gasteiger partial charge in [-0.2, -0.15) is 4.31 Å². The number of ether oxygens (including phenoxy) is 1. The largest absolute Gasteiger partial charge is 0.456 e. The number of carbonyl (C=O) groups is 3. The topological polar surface area (TPSA) is 135 Å². The first kappa shape index (κ1) is 29.2. The molecule has 0 radical (unpaired) electrons. The third-order valence-electron chi connectivity index (χ3n) is 5.59. The van der Waals surface area contributed by atoms with Crippen molar-refractivity contribution in [3.63, 3.8) is 0 Å². The molecule has 1 aromatic carbocycles. The molecule has 0 atom stereocenters. The number of amides is 2. The summed E-state index contributed by atoms with van der Waals surface area (Å²) in [7, 11) is -3.37. The fourth-order valence-corrected chi connectivity index (χ4v) is 6.58. The van der Waals surface area contributed by atoms with Crippen LogP contribution in [0.2, 0.25) is 4.34 Å². The Morgan fingerprint density at radius 1 is 1.13 bits per heavy atom. The summed E-state index contributed by atoms with van der Waals surface area (Å²) in [5, 5.41) is 5.77. The number of nitrogens with zero attached hydrogens (tertiary/aromatic N) is 2. The van der Waals surface area contributed by atoms with Crippen LogP contribution in [-0.2, 0) is 34.3 Å². The van der Waals surface area contributed by atoms with Crippen LogP contribution in [0.1, 0.15) is 66.7 Å². The highest BCUT2D eigenvalue weighted by molar-refractivity contribution is 7.88. The van der Waals surface area contributed by atoms with Crippen LogP contribution in [0.3, 0.4) is 0 Å². The van der Waals surface area contributed by atoms with Crippen molar-refractivity contribution in [1.29, 1.82) is 0 Å². The summed E-state index contributed by atoms with van der Waals surface area (Å²) in [6, 6.07) is 7.94. The highest BCUT2D eigenvalue weighted by Gasteiger charge is 2.28. The average Bonchev–Trinajstić information content (AvgIpc) is 3.47. The molecule has 0 saturated heterocycles. The lowest BCUT2D eigenvalue weighted by Gasteiger charge is -2.23. The number of hydrogen-bond donors (Lipinski definition) is 2. The fourth-order valence-electron chi connectivity index (χ4n) is 3.74. The molecule has 39 heavy (non-hydrogen) atoms. The van der Waals surface area contributed by atoms with Gasteiger partial charge >= 0.3 is 5.97 Å². The van der Waals surface area contributed by atoms with Gasteiger partial charge in [-0.1, -0.05) is 17.7 Å². The highest BCUT2D eigenvalue weighted by Crippen LogP contribution is 2.28. The van der Waals surface area contributed by atoms with Crippen LogP contribution in [0.15, 0.2) is 30.3 Å². The summed E-state index contributed by atoms with van der Waals surface area (Å²) >= 11 is 8.20. The van der Waals surface area contributed by atoms with Gasteiger partial charge in [0.25, 0.3) is 11.8 Å². The van der Waals surface area contributed by atoms with E-state index in [9.17, 15) is 22.8 Å². The van der Waals surface area contributed by atoms with Crippen molar-refractivity contribution in [3.05, 3.63) is 66.3 Å². The van der Waals surface area contributed by atoms with E-state index in [1.807, 2.05) is 0 Å². The minimum Gasteiger partial charge on any atom is -0.456 e. The number of hydrogen-bond acceptors (Lipinski definition) is 9. The summed E-state index contributed by atoms with van der Waals surface area (Å²) in [6.07, 6.45) is 1.56. The average molecular weight is 611 g/mol. The Morgan fingerprint density at radius 3 is 2.51 bits per heavy atom. The van der Waals surface area contributed by atoms with E-state index in [1.54, 1.807) is 45.0 Å². The van der Waals surface area contributed by atoms with Gasteiger partial charge in [-0.05, 0) is 50.6 Å². The van der Waals surface area contributed by atoms with Crippen LogP contribution >= 0.6 is 34.3 Å². The van der Waals surface area contributed by atoms with Crippen LogP contribution in [0.25, 0.3) is 0 Å². The van der Waals surface area contributed by atoms with Crippen LogP contribution in [0.5, 0.6) is 0 Å². The molecule has 0 bridgehead atoms. The molecular weight excluding hydrogens is 584 g/mol. The van der Waals surface area contributed by atoms with E-state index in [-0.39, 0.29) is 29.6 Å². The molecule has 0 unspecified atom stereocenters. The van der Waals surface area contributed by atoms with E-state index >= 15 is 0 Å². The van der Waals surface area contributed by atoms with Gasteiger partial charge in [0.15, 0.2) is 5.01 Å². The predicted molar refractivity (Wildman–Crippen MR) is 151 cm³/mol. The number of halogens is 1. The molecule has 0 fully saturated rings. The third-order valence-corrected chi connectivity index (χ3v) is 9.15. The zero-order valence-electron chi connectivity index (χ0n) is 21.7. The smallest absolute Gasteiger partial charge is 0.338 e. The van der Waals surface area contributed by atoms with Crippen molar-refractivity contribution < 1.29 is 27.5 Å². The van der Waals surface area contributed by atoms with Crippen molar-refractivity contribution >= 4 is 67.8 Å². The maximum absolute atomic E-state index is 13.2. The molecule has 0 aliphatic carbocycles. The summed E-state index contributed by atoms with van der Waals surface area (Å²) in [5.74, 6) is -1.41. The first-order chi connectivity index (χ1) is 18.2. The standard InChI is InChI=1S/C25H27ClN4O6S3/c1-25(2,3)36-24(33)14-5-6-15(12-27-21(31)18-7-8-20(26)37-18)17(11-14)28-22(32)23-29-16-9-10-30(39(4,34)35)13-19(16)38-23/h5-8,11H,9-10,12-13H2,1-4H3,(H,27,31)(H,28,32). The fraction of sp³-hybridized carbons (Fsp3) is 0.360. The van der Waals surface area contributed by atoms with Gasteiger partial charge in [-0.15, -0.1) is 22.7 Å². The zero-order valence-corrected chi connectivity index (χ0v) is 24.9. The van der Waals surface area contributed by atoms with Gasteiger partial charge in [0.2, 0.25) is 10.0 Å². The van der Waals surface area contributed by atoms with Crippen molar-refractivity contribution in [2.45, 2.75) is 45.9 Å². The summed E-state index contributed by atoms with van der Waals surface area (Å²) in [5.41, 5.74) is 1.06. The maximum Gasteiger partial charge on any atom is 0.338 e. The molecule has 0 saturated carbocycles. The summed E-state index contributed by atoms with van der Waals surface area (Å²) < 4.78 is 31.2. The molecule has 2 amide bonds. The Morgan fingerprint density at radius 2 is 1.87 bits per heavy atom. The number of anilines is 1. The molecule has 14 heteroatoms. The van der Waals surface area contributed by atoms with Crippen LogP contribution in [0, 0.1) is 0 Å². The number of sulfonamides is 1. The first-order valence-corrected chi connectivity index (χ1v) is 15.7. The van der Waals surface area contributed by atoms with E-state index in [2.05, 4.69) is 15.6 Å². The number of thiazole rings is 1. The Bertz CT molecular complexity index is 1540. The third kappa shape index (κ3) is 7.42. The predicted octanol–water partition coefficient (Wildman–Crippen LogP) is 4.31. The number of esters is 1. The van der Waals surface area contributed by atoms with Crippen molar-refractivity contribution in [2.24, 2.45) is 0 Å². The molecular formula is C25H27ClN4O6S3. The molecule has 1 aliphatic rings. The minimum absolute atomic E-state index is 0.0657. The number of rotatable bonds is 7. The summed E-state index contributed by atoms with van der Waals surface area (Å²) in [4.78, 5) is 44.0. The quantitative estimate of drug-likeness (QED) is 0.381. The second kappa shape index (κ2) is 11.3. The van der Waals surface area contributed by atoms with Gasteiger partial charge in [-0.25, -0.2) is 18.2 Å². The zero-order chi connectivity index (χ0) is 28.5. The van der Waals surface area contributed by atoms with E-state index in [1.165, 1.54) is 10.4 Å². The Hall–Kier alpha value is -2.84. The monoisotopic (exact) mass is 610 g/mol. The molecule has 1 aliphatic heterocycles. The lowest BCUT2D eigenvalue weighted by atomic mass is 10.1. The lowest BCUT2D eigenvalue weighted by Crippen LogP contribution is -2.34. The van der Waals surface area contributed by atoms with Crippen molar-refractivity contribution in [1.82, 2.24) is 14.6 Å². The number of aromatic nitrogens is 1. The van der Waals surface area contributed by atoms with Crippen LogP contribution in [-0.4, -0.2) is 53.9 Å². The molecule has 2 N–H and O–H groups in total. The first-order valence-electron chi connectivity index (χ1n) is 11.8. The van der Waals surface area contributed by atoms with Gasteiger partial charge in [0.05, 0.1) is 26.7 Å². The number of thiophene rings is 1. The second-order valence-electron chi connectivity index (χ2n) is 9.85. The Kier molecular flexibility index (Phi) is 8.47. The molecule has 3 aromatic rings. The van der Waals surface area contributed by atoms with Gasteiger partial charge < -0.3 is 15.4 Å². The molecule has 0 spiro atoms. The number of carbonyl (C=O) groups excluding carboxylic acids is 3. The van der Waals surface area contributed by atoms with Gasteiger partial charge in [-0.3, -0.25) is 9.59 Å². The molecule has 3 heterocycles. The van der Waals surface area contributed by atoms with Crippen LogP contribution < -0.4 is 10.6 Å². The van der Waals surface area contributed by atoms with E-state index in [0.29, 0.717) is 44.0 Å². The normalized spacial score (nSPS) is 14.0. The highest BCUT2D eigenvalue weighted by atomic mass is 35.5. The Balaban J connectivity index is 1.57. The lowest BCUT2D eigenvalue weighted by molar-refractivity contribution is 0.00692. The SMILES string of the molecule is CC(C)(C)OC(=O)c1ccc(CNC(=O)c2ccc(Cl)s2)c(NC(=O)c2nc3c(s2)CN(S(C)(=O)=O)CC3)c1. The van der Waals surface area contributed by atoms with Gasteiger partial charge in [0, 0.05) is 36.6 Å². The molecule has 10 nitrogen and oxygen atoms in total. The van der Waals surface area contributed by atoms with Crippen molar-refractivity contribution in [2.75, 3.05) is 18.1 Å². The minimum atomic E-state index is -3.37. The van der Waals surface area contributed by atoms with Crippen molar-refractivity contribution in [3.8, 4) is 0 Å². The number of benzene rings is 1. The number of fused-ring (bicyclic) bond motifs is 1. The molecule has 4 rings (SSSR count). The van der Waals surface area contributed by atoms with Gasteiger partial charge in [0.1, 0.15) is 5.60 Å². The van der Waals surface area contributed by atoms with E-state index < -0.39 is 27.5 Å². The summed E-state index contributed by atoms with van der Waals surface area (Å²) in [6.45, 7) is 5.79. The maximum atomic E-state index is 13.2. The van der Waals surface area contributed by atoms with E-state index in [0.717, 1.165) is 28.9 Å². The second-order valence-corrected chi connectivity index (χ2v) is 14.6. The molecule has 2 aromatic heterocycles.